The lowest BCUT2D eigenvalue weighted by Crippen LogP contribution is -2.21. The molecule has 0 bridgehead atoms. The molecule has 0 aromatic carbocycles. The van der Waals surface area contributed by atoms with Gasteiger partial charge in [0, 0.05) is 0 Å². The molecule has 2 atom stereocenters. The Kier molecular flexibility index (Phi) is 11.0. The van der Waals surface area contributed by atoms with E-state index in [0.29, 0.717) is 13.2 Å². The molecule has 0 rings (SSSR count). The lowest BCUT2D eigenvalue weighted by Gasteiger charge is -2.15. The van der Waals surface area contributed by atoms with Crippen molar-refractivity contribution in [1.29, 1.82) is 0 Å². The molecule has 6 nitrogen and oxygen atoms in total. The predicted molar refractivity (Wildman–Crippen MR) is 72.8 cm³/mol. The van der Waals surface area contributed by atoms with E-state index in [1.165, 1.54) is 0 Å². The van der Waals surface area contributed by atoms with Gasteiger partial charge < -0.3 is 18.9 Å². The fraction of sp³-hybridized carbons (Fsp3) is 0.857. The Morgan fingerprint density at radius 3 is 1.45 bits per heavy atom. The first-order valence-electron chi connectivity index (χ1n) is 7.11. The number of esters is 2. The summed E-state index contributed by atoms with van der Waals surface area (Å²) >= 11 is 0. The minimum Gasteiger partial charge on any atom is -0.436 e. The zero-order valence-electron chi connectivity index (χ0n) is 12.8. The highest BCUT2D eigenvalue weighted by Gasteiger charge is 2.14. The average molecular weight is 290 g/mol. The van der Waals surface area contributed by atoms with Gasteiger partial charge in [0.05, 0.1) is 26.1 Å². The minimum absolute atomic E-state index is 0.0286. The fourth-order valence-corrected chi connectivity index (χ4v) is 1.33. The van der Waals surface area contributed by atoms with Crippen molar-refractivity contribution in [2.45, 2.75) is 66.0 Å². The fourth-order valence-electron chi connectivity index (χ4n) is 1.33. The van der Waals surface area contributed by atoms with E-state index in [1.54, 1.807) is 13.8 Å². The molecule has 0 heterocycles. The molecule has 0 saturated carbocycles. The third-order valence-electron chi connectivity index (χ3n) is 2.24. The van der Waals surface area contributed by atoms with Crippen LogP contribution in [0.15, 0.2) is 0 Å². The van der Waals surface area contributed by atoms with Gasteiger partial charge >= 0.3 is 11.9 Å². The monoisotopic (exact) mass is 290 g/mol. The van der Waals surface area contributed by atoms with Crippen molar-refractivity contribution in [2.24, 2.45) is 0 Å². The second kappa shape index (κ2) is 11.7. The maximum Gasteiger partial charge on any atom is 0.308 e. The standard InChI is InChI=1S/C14H26O6/c1-5-9-17-11(3)19-13(15)7-8-14(16)20-12(4)18-10-6-2/h11-12H,5-10H2,1-4H3. The maximum atomic E-state index is 11.4. The molecule has 0 fully saturated rings. The van der Waals surface area contributed by atoms with Crippen molar-refractivity contribution in [1.82, 2.24) is 0 Å². The topological polar surface area (TPSA) is 71.1 Å². The molecular formula is C14H26O6. The largest absolute Gasteiger partial charge is 0.436 e. The number of carbonyl (C=O) groups is 2. The number of hydrogen-bond acceptors (Lipinski definition) is 6. The quantitative estimate of drug-likeness (QED) is 0.430. The van der Waals surface area contributed by atoms with Crippen LogP contribution < -0.4 is 0 Å². The Labute approximate surface area is 120 Å². The van der Waals surface area contributed by atoms with E-state index < -0.39 is 24.5 Å². The molecule has 2 unspecified atom stereocenters. The van der Waals surface area contributed by atoms with Gasteiger partial charge in [0.15, 0.2) is 12.6 Å². The van der Waals surface area contributed by atoms with E-state index in [-0.39, 0.29) is 12.8 Å². The summed E-state index contributed by atoms with van der Waals surface area (Å²) < 4.78 is 20.3. The van der Waals surface area contributed by atoms with Crippen molar-refractivity contribution < 1.29 is 28.5 Å². The van der Waals surface area contributed by atoms with Crippen LogP contribution in [0.5, 0.6) is 0 Å². The molecule has 0 spiro atoms. The van der Waals surface area contributed by atoms with Crippen LogP contribution >= 0.6 is 0 Å². The van der Waals surface area contributed by atoms with E-state index in [1.807, 2.05) is 13.8 Å². The molecule has 0 aliphatic rings. The number of rotatable bonds is 11. The third kappa shape index (κ3) is 10.8. The SMILES string of the molecule is CCCOC(C)OC(=O)CCC(=O)OC(C)OCCC. The van der Waals surface area contributed by atoms with Gasteiger partial charge in [-0.25, -0.2) is 0 Å². The lowest BCUT2D eigenvalue weighted by atomic mass is 10.3. The Bertz CT molecular complexity index is 251. The molecule has 6 heteroatoms. The van der Waals surface area contributed by atoms with Crippen LogP contribution in [-0.4, -0.2) is 37.7 Å². The van der Waals surface area contributed by atoms with Gasteiger partial charge in [0.2, 0.25) is 0 Å². The van der Waals surface area contributed by atoms with Gasteiger partial charge in [0.1, 0.15) is 0 Å². The van der Waals surface area contributed by atoms with Gasteiger partial charge in [-0.15, -0.1) is 0 Å². The van der Waals surface area contributed by atoms with Crippen LogP contribution in [0.2, 0.25) is 0 Å². The van der Waals surface area contributed by atoms with Crippen molar-refractivity contribution in [3.63, 3.8) is 0 Å². The zero-order chi connectivity index (χ0) is 15.4. The molecule has 0 aliphatic carbocycles. The number of ether oxygens (including phenoxy) is 4. The summed E-state index contributed by atoms with van der Waals surface area (Å²) in [6, 6.07) is 0. The van der Waals surface area contributed by atoms with E-state index in [9.17, 15) is 9.59 Å². The van der Waals surface area contributed by atoms with Crippen molar-refractivity contribution in [2.75, 3.05) is 13.2 Å². The van der Waals surface area contributed by atoms with Crippen LogP contribution in [0.4, 0.5) is 0 Å². The normalized spacial score (nSPS) is 13.6. The highest BCUT2D eigenvalue weighted by molar-refractivity contribution is 5.77. The summed E-state index contributed by atoms with van der Waals surface area (Å²) in [6.45, 7) is 8.28. The summed E-state index contributed by atoms with van der Waals surface area (Å²) in [5.41, 5.74) is 0. The first-order valence-corrected chi connectivity index (χ1v) is 7.11. The van der Waals surface area contributed by atoms with E-state index >= 15 is 0 Å². The van der Waals surface area contributed by atoms with Crippen molar-refractivity contribution in [3.05, 3.63) is 0 Å². The van der Waals surface area contributed by atoms with Crippen LogP contribution in [0.25, 0.3) is 0 Å². The summed E-state index contributed by atoms with van der Waals surface area (Å²) in [7, 11) is 0. The van der Waals surface area contributed by atoms with Crippen LogP contribution in [0.1, 0.15) is 53.4 Å². The van der Waals surface area contributed by atoms with E-state index in [2.05, 4.69) is 0 Å². The zero-order valence-corrected chi connectivity index (χ0v) is 12.8. The molecule has 118 valence electrons. The molecule has 0 aromatic heterocycles. The van der Waals surface area contributed by atoms with Crippen LogP contribution in [0.3, 0.4) is 0 Å². The summed E-state index contributed by atoms with van der Waals surface area (Å²) in [4.78, 5) is 22.9. The average Bonchev–Trinajstić information content (AvgIpc) is 2.40. The predicted octanol–water partition coefficient (Wildman–Crippen LogP) is 2.40. The van der Waals surface area contributed by atoms with Gasteiger partial charge in [-0.3, -0.25) is 9.59 Å². The Morgan fingerprint density at radius 1 is 0.800 bits per heavy atom. The van der Waals surface area contributed by atoms with Gasteiger partial charge in [-0.05, 0) is 26.7 Å². The summed E-state index contributed by atoms with van der Waals surface area (Å²) in [5, 5.41) is 0. The molecule has 0 aliphatic heterocycles. The van der Waals surface area contributed by atoms with Crippen LogP contribution in [-0.2, 0) is 28.5 Å². The van der Waals surface area contributed by atoms with Crippen molar-refractivity contribution in [3.8, 4) is 0 Å². The van der Waals surface area contributed by atoms with Gasteiger partial charge in [-0.2, -0.15) is 0 Å². The van der Waals surface area contributed by atoms with E-state index in [4.69, 9.17) is 18.9 Å². The Hall–Kier alpha value is -1.14. The molecule has 20 heavy (non-hydrogen) atoms. The summed E-state index contributed by atoms with van der Waals surface area (Å²) in [6.07, 6.45) is 0.460. The highest BCUT2D eigenvalue weighted by Crippen LogP contribution is 2.03. The summed E-state index contributed by atoms with van der Waals surface area (Å²) in [5.74, 6) is -0.958. The number of hydrogen-bond donors (Lipinski definition) is 0. The first-order chi connectivity index (χ1) is 9.49. The lowest BCUT2D eigenvalue weighted by molar-refractivity contribution is -0.181. The molecule has 0 N–H and O–H groups in total. The molecule has 0 saturated heterocycles. The van der Waals surface area contributed by atoms with E-state index in [0.717, 1.165) is 12.8 Å². The van der Waals surface area contributed by atoms with Gasteiger partial charge in [0.25, 0.3) is 0 Å². The number of carbonyl (C=O) groups excluding carboxylic acids is 2. The first kappa shape index (κ1) is 18.9. The van der Waals surface area contributed by atoms with Crippen LogP contribution in [0, 0.1) is 0 Å². The molecule has 0 amide bonds. The molecule has 0 radical (unpaired) electrons. The molecule has 0 aromatic rings. The Morgan fingerprint density at radius 2 is 1.15 bits per heavy atom. The molecular weight excluding hydrogens is 264 g/mol. The highest BCUT2D eigenvalue weighted by atomic mass is 16.7. The minimum atomic E-state index is -0.592. The third-order valence-corrected chi connectivity index (χ3v) is 2.24. The smallest absolute Gasteiger partial charge is 0.308 e. The second-order valence-electron chi connectivity index (χ2n) is 4.36. The second-order valence-corrected chi connectivity index (χ2v) is 4.36. The van der Waals surface area contributed by atoms with Crippen molar-refractivity contribution >= 4 is 11.9 Å². The van der Waals surface area contributed by atoms with Gasteiger partial charge in [-0.1, -0.05) is 13.8 Å². The Balaban J connectivity index is 3.74. The maximum absolute atomic E-state index is 11.4.